The molecule has 0 bridgehead atoms. The molecule has 0 aromatic heterocycles. The number of carbonyl (C=O) groups excluding carboxylic acids is 3. The van der Waals surface area contributed by atoms with Crippen LogP contribution in [-0.4, -0.2) is 91.4 Å². The van der Waals surface area contributed by atoms with Gasteiger partial charge in [0, 0.05) is 52.4 Å². The van der Waals surface area contributed by atoms with Crippen molar-refractivity contribution in [3.8, 4) is 0 Å². The molecule has 3 amide bonds. The molecule has 1 aromatic carbocycles. The van der Waals surface area contributed by atoms with Crippen molar-refractivity contribution in [3.63, 3.8) is 0 Å². The second-order valence-corrected chi connectivity index (χ2v) is 10.00. The van der Waals surface area contributed by atoms with Crippen molar-refractivity contribution >= 4 is 27.9 Å². The third-order valence-corrected chi connectivity index (χ3v) is 7.02. The zero-order valence-corrected chi connectivity index (χ0v) is 17.9. The maximum absolute atomic E-state index is 12.9. The van der Waals surface area contributed by atoms with Crippen molar-refractivity contribution in [3.05, 3.63) is 34.9 Å². The molecule has 29 heavy (non-hydrogen) atoms. The van der Waals surface area contributed by atoms with Crippen LogP contribution in [0.15, 0.2) is 18.2 Å². The van der Waals surface area contributed by atoms with Crippen LogP contribution in [0.3, 0.4) is 0 Å². The summed E-state index contributed by atoms with van der Waals surface area (Å²) in [6.07, 6.45) is 0. The molecule has 10 heteroatoms. The molecule has 0 radical (unpaired) electrons. The molecule has 3 rings (SSSR count). The van der Waals surface area contributed by atoms with Crippen LogP contribution in [0.25, 0.3) is 0 Å². The lowest BCUT2D eigenvalue weighted by molar-refractivity contribution is 0.0635. The minimum atomic E-state index is -3.51. The van der Waals surface area contributed by atoms with Crippen molar-refractivity contribution in [1.29, 1.82) is 0 Å². The van der Waals surface area contributed by atoms with Gasteiger partial charge in [0.1, 0.15) is 0 Å². The first-order valence-electron chi connectivity index (χ1n) is 9.51. The summed E-state index contributed by atoms with van der Waals surface area (Å²) in [6.45, 7) is 5.11. The van der Waals surface area contributed by atoms with E-state index in [0.29, 0.717) is 17.7 Å². The normalized spacial score (nSPS) is 18.1. The zero-order valence-electron chi connectivity index (χ0n) is 17.1. The summed E-state index contributed by atoms with van der Waals surface area (Å²) in [5.74, 6) is -0.847. The minimum absolute atomic E-state index is 0.146. The highest BCUT2D eigenvalue weighted by molar-refractivity contribution is 7.86. The molecule has 0 N–H and O–H groups in total. The first-order chi connectivity index (χ1) is 13.5. The number of hydrogen-bond acceptors (Lipinski definition) is 5. The fourth-order valence-corrected chi connectivity index (χ4v) is 4.58. The summed E-state index contributed by atoms with van der Waals surface area (Å²) < 4.78 is 26.9. The highest BCUT2D eigenvalue weighted by Crippen LogP contribution is 2.25. The van der Waals surface area contributed by atoms with E-state index in [2.05, 4.69) is 0 Å². The van der Waals surface area contributed by atoms with E-state index in [9.17, 15) is 22.8 Å². The number of amides is 3. The topological polar surface area (TPSA) is 98.3 Å². The molecule has 0 aliphatic carbocycles. The second-order valence-electron chi connectivity index (χ2n) is 7.86. The fraction of sp³-hybridized carbons (Fsp3) is 0.526. The van der Waals surface area contributed by atoms with Crippen LogP contribution in [-0.2, 0) is 10.2 Å². The lowest BCUT2D eigenvalue weighted by Crippen LogP contribution is -2.53. The molecular weight excluding hydrogens is 396 g/mol. The van der Waals surface area contributed by atoms with Crippen LogP contribution >= 0.6 is 0 Å². The molecule has 2 aliphatic heterocycles. The van der Waals surface area contributed by atoms with E-state index in [1.165, 1.54) is 35.4 Å². The molecule has 0 saturated carbocycles. The summed E-state index contributed by atoms with van der Waals surface area (Å²) in [6, 6.07) is 4.55. The van der Waals surface area contributed by atoms with Gasteiger partial charge in [-0.15, -0.1) is 0 Å². The number of imide groups is 1. The summed E-state index contributed by atoms with van der Waals surface area (Å²) >= 11 is 0. The van der Waals surface area contributed by atoms with E-state index in [1.54, 1.807) is 11.0 Å². The Balaban J connectivity index is 1.74. The van der Waals surface area contributed by atoms with Gasteiger partial charge in [-0.25, -0.2) is 0 Å². The Kier molecular flexibility index (Phi) is 5.79. The molecule has 0 spiro atoms. The number of carbonyl (C=O) groups is 3. The third kappa shape index (κ3) is 3.92. The van der Waals surface area contributed by atoms with E-state index < -0.39 is 10.2 Å². The number of hydrogen-bond donors (Lipinski definition) is 0. The molecule has 158 valence electrons. The molecule has 0 unspecified atom stereocenters. The summed E-state index contributed by atoms with van der Waals surface area (Å²) in [5.41, 5.74) is 0.879. The van der Waals surface area contributed by atoms with Gasteiger partial charge < -0.3 is 4.90 Å². The first kappa shape index (κ1) is 21.4. The average molecular weight is 423 g/mol. The molecule has 1 saturated heterocycles. The summed E-state index contributed by atoms with van der Waals surface area (Å²) in [5, 5.41) is 0. The maximum atomic E-state index is 12.9. The number of rotatable bonds is 5. The first-order valence-corrected chi connectivity index (χ1v) is 10.9. The van der Waals surface area contributed by atoms with Crippen LogP contribution in [0.4, 0.5) is 0 Å². The summed E-state index contributed by atoms with van der Waals surface area (Å²) in [7, 11) is -0.569. The van der Waals surface area contributed by atoms with Gasteiger partial charge in [0.2, 0.25) is 0 Å². The monoisotopic (exact) mass is 422 g/mol. The van der Waals surface area contributed by atoms with Crippen molar-refractivity contribution in [2.75, 3.05) is 46.8 Å². The van der Waals surface area contributed by atoms with Gasteiger partial charge in [0.05, 0.1) is 11.1 Å². The number of fused-ring (bicyclic) bond motifs is 1. The predicted molar refractivity (Wildman–Crippen MR) is 107 cm³/mol. The van der Waals surface area contributed by atoms with Crippen molar-refractivity contribution in [2.24, 2.45) is 5.92 Å². The lowest BCUT2D eigenvalue weighted by Gasteiger charge is -2.35. The van der Waals surface area contributed by atoms with E-state index >= 15 is 0 Å². The average Bonchev–Trinajstić information content (AvgIpc) is 2.91. The molecule has 0 atom stereocenters. The quantitative estimate of drug-likeness (QED) is 0.644. The van der Waals surface area contributed by atoms with Crippen molar-refractivity contribution < 1.29 is 22.8 Å². The molecule has 1 aromatic rings. The largest absolute Gasteiger partial charge is 0.336 e. The minimum Gasteiger partial charge on any atom is -0.336 e. The lowest BCUT2D eigenvalue weighted by atomic mass is 10.0. The summed E-state index contributed by atoms with van der Waals surface area (Å²) in [4.78, 5) is 40.7. The van der Waals surface area contributed by atoms with Gasteiger partial charge in [-0.05, 0) is 24.1 Å². The van der Waals surface area contributed by atoms with Crippen LogP contribution in [0.2, 0.25) is 0 Å². The Morgan fingerprint density at radius 3 is 2.17 bits per heavy atom. The SMILES string of the molecule is CC(C)CN1C(=O)c2ccc(C(=O)N3CCN(S(=O)(=O)N(C)C)CC3)cc2C1=O. The van der Waals surface area contributed by atoms with Crippen LogP contribution in [0.1, 0.15) is 44.9 Å². The number of piperazine rings is 1. The van der Waals surface area contributed by atoms with Crippen LogP contribution in [0.5, 0.6) is 0 Å². The molecule has 9 nitrogen and oxygen atoms in total. The predicted octanol–water partition coefficient (Wildman–Crippen LogP) is 0.503. The second kappa shape index (κ2) is 7.85. The molecule has 2 aliphatic rings. The molecule has 2 heterocycles. The Bertz CT molecular complexity index is 949. The van der Waals surface area contributed by atoms with E-state index in [-0.39, 0.29) is 55.4 Å². The Hall–Kier alpha value is -2.30. The van der Waals surface area contributed by atoms with E-state index in [4.69, 9.17) is 0 Å². The van der Waals surface area contributed by atoms with E-state index in [0.717, 1.165) is 4.31 Å². The smallest absolute Gasteiger partial charge is 0.281 e. The van der Waals surface area contributed by atoms with Gasteiger partial charge in [-0.1, -0.05) is 13.8 Å². The number of benzene rings is 1. The van der Waals surface area contributed by atoms with Gasteiger partial charge in [0.25, 0.3) is 27.9 Å². The highest BCUT2D eigenvalue weighted by atomic mass is 32.2. The highest BCUT2D eigenvalue weighted by Gasteiger charge is 2.37. The van der Waals surface area contributed by atoms with E-state index in [1.807, 2.05) is 13.8 Å². The molecule has 1 fully saturated rings. The van der Waals surface area contributed by atoms with Crippen LogP contribution < -0.4 is 0 Å². The Labute approximate surface area is 171 Å². The Morgan fingerprint density at radius 1 is 1.03 bits per heavy atom. The van der Waals surface area contributed by atoms with Gasteiger partial charge in [-0.2, -0.15) is 17.0 Å². The van der Waals surface area contributed by atoms with Crippen molar-refractivity contribution in [2.45, 2.75) is 13.8 Å². The van der Waals surface area contributed by atoms with Gasteiger partial charge in [-0.3, -0.25) is 19.3 Å². The van der Waals surface area contributed by atoms with Gasteiger partial charge in [0.15, 0.2) is 0 Å². The maximum Gasteiger partial charge on any atom is 0.281 e. The standard InChI is InChI=1S/C19H26N4O5S/c1-13(2)12-23-18(25)15-6-5-14(11-16(15)19(23)26)17(24)21-7-9-22(10-8-21)29(27,28)20(3)4/h5-6,11,13H,7-10,12H2,1-4H3. The fourth-order valence-electron chi connectivity index (χ4n) is 3.49. The number of nitrogens with zero attached hydrogens (tertiary/aromatic N) is 4. The van der Waals surface area contributed by atoms with Crippen molar-refractivity contribution in [1.82, 2.24) is 18.4 Å². The van der Waals surface area contributed by atoms with Gasteiger partial charge >= 0.3 is 0 Å². The Morgan fingerprint density at radius 2 is 1.62 bits per heavy atom. The van der Waals surface area contributed by atoms with Crippen LogP contribution in [0, 0.1) is 5.92 Å². The molecular formula is C19H26N4O5S. The third-order valence-electron chi connectivity index (χ3n) is 5.08. The zero-order chi connectivity index (χ0) is 21.5.